The van der Waals surface area contributed by atoms with Crippen molar-refractivity contribution in [3.05, 3.63) is 78.4 Å². The predicted octanol–water partition coefficient (Wildman–Crippen LogP) is 5.15. The summed E-state index contributed by atoms with van der Waals surface area (Å²) >= 11 is 1.44. The minimum absolute atomic E-state index is 0. The summed E-state index contributed by atoms with van der Waals surface area (Å²) in [5, 5.41) is 0.590. The molecule has 0 bridgehead atoms. The first-order chi connectivity index (χ1) is 17.7. The highest BCUT2D eigenvalue weighted by Crippen LogP contribution is 2.32. The molecule has 0 aliphatic heterocycles. The third kappa shape index (κ3) is 6.44. The quantitative estimate of drug-likeness (QED) is 0.260. The highest BCUT2D eigenvalue weighted by molar-refractivity contribution is 7.92. The number of rotatable bonds is 10. The van der Waals surface area contributed by atoms with Crippen LogP contribution in [0.25, 0.3) is 10.2 Å². The van der Waals surface area contributed by atoms with Crippen molar-refractivity contribution in [2.24, 2.45) is 0 Å². The maximum atomic E-state index is 13.6. The maximum absolute atomic E-state index is 13.6. The Balaban J connectivity index is 0.00000400. The molecular formula is C27H31ClN4O4S2. The van der Waals surface area contributed by atoms with E-state index in [1.54, 1.807) is 48.4 Å². The molecule has 8 nitrogen and oxygen atoms in total. The van der Waals surface area contributed by atoms with E-state index < -0.39 is 10.0 Å². The van der Waals surface area contributed by atoms with Gasteiger partial charge in [0.15, 0.2) is 5.13 Å². The summed E-state index contributed by atoms with van der Waals surface area (Å²) in [6.07, 6.45) is 0.756. The highest BCUT2D eigenvalue weighted by Gasteiger charge is 2.24. The molecule has 0 N–H and O–H groups in total. The Morgan fingerprint density at radius 2 is 1.63 bits per heavy atom. The first-order valence-electron chi connectivity index (χ1n) is 11.8. The molecule has 0 spiro atoms. The average Bonchev–Trinajstić information content (AvgIpc) is 3.33. The number of nitrogens with zero attached hydrogens (tertiary/aromatic N) is 4. The van der Waals surface area contributed by atoms with Gasteiger partial charge in [-0.25, -0.2) is 13.4 Å². The third-order valence-electron chi connectivity index (χ3n) is 5.93. The van der Waals surface area contributed by atoms with E-state index in [-0.39, 0.29) is 23.2 Å². The summed E-state index contributed by atoms with van der Waals surface area (Å²) in [6.45, 7) is 1.29. The molecule has 38 heavy (non-hydrogen) atoms. The fraction of sp³-hybridized carbons (Fsp3) is 0.259. The number of aromatic nitrogens is 1. The van der Waals surface area contributed by atoms with Gasteiger partial charge in [-0.1, -0.05) is 29.5 Å². The topological polar surface area (TPSA) is 83.0 Å². The molecular weight excluding hydrogens is 544 g/mol. The van der Waals surface area contributed by atoms with E-state index in [2.05, 4.69) is 4.90 Å². The minimum Gasteiger partial charge on any atom is -0.497 e. The van der Waals surface area contributed by atoms with E-state index in [0.717, 1.165) is 23.2 Å². The Bertz CT molecular complexity index is 1480. The number of methoxy groups -OCH3 is 1. The molecule has 3 aromatic carbocycles. The Hall–Kier alpha value is -3.18. The number of sulfonamides is 1. The third-order valence-corrected chi connectivity index (χ3v) is 8.79. The van der Waals surface area contributed by atoms with E-state index in [0.29, 0.717) is 28.7 Å². The van der Waals surface area contributed by atoms with Crippen molar-refractivity contribution in [1.82, 2.24) is 9.88 Å². The van der Waals surface area contributed by atoms with E-state index >= 15 is 0 Å². The second-order valence-electron chi connectivity index (χ2n) is 8.78. The fourth-order valence-electron chi connectivity index (χ4n) is 3.83. The molecule has 0 aliphatic rings. The summed E-state index contributed by atoms with van der Waals surface area (Å²) in [5.74, 6) is 0.470. The maximum Gasteiger partial charge on any atom is 0.264 e. The molecule has 0 fully saturated rings. The second-order valence-corrected chi connectivity index (χ2v) is 11.8. The zero-order valence-electron chi connectivity index (χ0n) is 21.7. The molecule has 0 saturated carbocycles. The number of thiazole rings is 1. The van der Waals surface area contributed by atoms with Gasteiger partial charge < -0.3 is 9.64 Å². The van der Waals surface area contributed by atoms with Crippen molar-refractivity contribution in [3.8, 4) is 5.75 Å². The Morgan fingerprint density at radius 3 is 2.26 bits per heavy atom. The summed E-state index contributed by atoms with van der Waals surface area (Å²) in [7, 11) is 3.32. The van der Waals surface area contributed by atoms with Gasteiger partial charge in [-0.05, 0) is 75.6 Å². The lowest BCUT2D eigenvalue weighted by Gasteiger charge is -2.22. The summed E-state index contributed by atoms with van der Waals surface area (Å²) in [5.41, 5.74) is 1.71. The van der Waals surface area contributed by atoms with Gasteiger partial charge in [0, 0.05) is 25.2 Å². The molecule has 202 valence electrons. The smallest absolute Gasteiger partial charge is 0.264 e. The van der Waals surface area contributed by atoms with E-state index in [4.69, 9.17) is 9.72 Å². The molecule has 1 amide bonds. The van der Waals surface area contributed by atoms with Crippen molar-refractivity contribution in [1.29, 1.82) is 0 Å². The number of benzene rings is 3. The van der Waals surface area contributed by atoms with Crippen LogP contribution < -0.4 is 13.9 Å². The first-order valence-corrected chi connectivity index (χ1v) is 14.0. The number of carbonyl (C=O) groups excluding carboxylic acids is 1. The van der Waals surface area contributed by atoms with Crippen LogP contribution in [0.2, 0.25) is 0 Å². The van der Waals surface area contributed by atoms with Crippen LogP contribution in [0.3, 0.4) is 0 Å². The van der Waals surface area contributed by atoms with Crippen LogP contribution in [-0.2, 0) is 10.0 Å². The molecule has 0 radical (unpaired) electrons. The molecule has 4 aromatic rings. The lowest BCUT2D eigenvalue weighted by molar-refractivity contribution is 0.0986. The van der Waals surface area contributed by atoms with Crippen LogP contribution in [0.4, 0.5) is 10.8 Å². The van der Waals surface area contributed by atoms with Gasteiger partial charge in [0.1, 0.15) is 5.75 Å². The van der Waals surface area contributed by atoms with Crippen LogP contribution >= 0.6 is 23.7 Å². The van der Waals surface area contributed by atoms with Gasteiger partial charge in [0.05, 0.1) is 27.9 Å². The lowest BCUT2D eigenvalue weighted by Crippen LogP contribution is -2.33. The van der Waals surface area contributed by atoms with Gasteiger partial charge in [-0.15, -0.1) is 12.4 Å². The van der Waals surface area contributed by atoms with Gasteiger partial charge >= 0.3 is 0 Å². The second kappa shape index (κ2) is 12.6. The Labute approximate surface area is 233 Å². The molecule has 0 unspecified atom stereocenters. The molecule has 1 heterocycles. The number of carbonyl (C=O) groups is 1. The van der Waals surface area contributed by atoms with E-state index in [9.17, 15) is 13.2 Å². The summed E-state index contributed by atoms with van der Waals surface area (Å²) in [6, 6.07) is 20.6. The minimum atomic E-state index is -3.77. The Morgan fingerprint density at radius 1 is 0.947 bits per heavy atom. The van der Waals surface area contributed by atoms with Crippen molar-refractivity contribution in [2.75, 3.05) is 50.5 Å². The predicted molar refractivity (Wildman–Crippen MR) is 157 cm³/mol. The van der Waals surface area contributed by atoms with Gasteiger partial charge in [0.2, 0.25) is 0 Å². The number of amides is 1. The number of para-hydroxylation sites is 1. The van der Waals surface area contributed by atoms with Gasteiger partial charge in [-0.2, -0.15) is 0 Å². The van der Waals surface area contributed by atoms with Gasteiger partial charge in [-0.3, -0.25) is 14.0 Å². The van der Waals surface area contributed by atoms with Crippen molar-refractivity contribution in [2.45, 2.75) is 11.3 Å². The van der Waals surface area contributed by atoms with Gasteiger partial charge in [0.25, 0.3) is 15.9 Å². The van der Waals surface area contributed by atoms with E-state index in [1.807, 2.05) is 38.4 Å². The molecule has 1 aromatic heterocycles. The van der Waals surface area contributed by atoms with Crippen molar-refractivity contribution in [3.63, 3.8) is 0 Å². The largest absolute Gasteiger partial charge is 0.497 e. The van der Waals surface area contributed by atoms with Crippen LogP contribution in [0.5, 0.6) is 5.75 Å². The summed E-state index contributed by atoms with van der Waals surface area (Å²) in [4.78, 5) is 22.2. The number of anilines is 2. The van der Waals surface area contributed by atoms with E-state index in [1.165, 1.54) is 34.8 Å². The normalized spacial score (nSPS) is 11.3. The van der Waals surface area contributed by atoms with Crippen molar-refractivity contribution >= 4 is 60.7 Å². The SMILES string of the molecule is COc1ccc2sc(N(CCCN(C)C)C(=O)c3ccc(S(=O)(=O)N(C)c4ccccc4)cc3)nc2c1.Cl. The van der Waals surface area contributed by atoms with Crippen molar-refractivity contribution < 1.29 is 17.9 Å². The zero-order valence-corrected chi connectivity index (χ0v) is 24.1. The number of fused-ring (bicyclic) bond motifs is 1. The molecule has 4 rings (SSSR count). The highest BCUT2D eigenvalue weighted by atomic mass is 35.5. The lowest BCUT2D eigenvalue weighted by atomic mass is 10.2. The molecule has 0 saturated heterocycles. The fourth-order valence-corrected chi connectivity index (χ4v) is 5.99. The number of hydrogen-bond acceptors (Lipinski definition) is 7. The summed E-state index contributed by atoms with van der Waals surface area (Å²) < 4.78 is 33.8. The Kier molecular flexibility index (Phi) is 9.72. The average molecular weight is 575 g/mol. The number of halogens is 1. The number of hydrogen-bond donors (Lipinski definition) is 0. The van der Waals surface area contributed by atoms with Crippen LogP contribution in [0, 0.1) is 0 Å². The first kappa shape index (κ1) is 29.4. The number of ether oxygens (including phenoxy) is 1. The standard InChI is InChI=1S/C27H30N4O4S2.ClH/c1-29(2)17-8-18-31(27-28-24-19-22(35-4)13-16-25(24)36-27)26(32)20-11-14-23(15-12-20)37(33,34)30(3)21-9-6-5-7-10-21;/h5-7,9-16,19H,8,17-18H2,1-4H3;1H. The van der Waals surface area contributed by atoms with Crippen LogP contribution in [0.1, 0.15) is 16.8 Å². The van der Waals surface area contributed by atoms with Crippen LogP contribution in [-0.4, -0.2) is 65.6 Å². The van der Waals surface area contributed by atoms with Crippen LogP contribution in [0.15, 0.2) is 77.7 Å². The zero-order chi connectivity index (χ0) is 26.6. The molecule has 11 heteroatoms. The molecule has 0 aliphatic carbocycles. The molecule has 0 atom stereocenters. The monoisotopic (exact) mass is 574 g/mol.